The van der Waals surface area contributed by atoms with E-state index in [1.54, 1.807) is 31.2 Å². The Labute approximate surface area is 92.9 Å². The molecule has 2 N–H and O–H groups in total. The Morgan fingerprint density at radius 3 is 2.69 bits per heavy atom. The van der Waals surface area contributed by atoms with Gasteiger partial charge in [-0.25, -0.2) is 0 Å². The number of rotatable bonds is 2. The van der Waals surface area contributed by atoms with Gasteiger partial charge in [0.2, 0.25) is 0 Å². The molecule has 4 nitrogen and oxygen atoms in total. The lowest BCUT2D eigenvalue weighted by Gasteiger charge is -2.02. The summed E-state index contributed by atoms with van der Waals surface area (Å²) in [7, 11) is 0. The summed E-state index contributed by atoms with van der Waals surface area (Å²) in [5, 5.41) is 16.5. The van der Waals surface area contributed by atoms with Crippen LogP contribution in [-0.2, 0) is 0 Å². The molecule has 0 atom stereocenters. The largest absolute Gasteiger partial charge is 0.507 e. The first-order valence-electron chi connectivity index (χ1n) is 4.95. The molecule has 0 spiro atoms. The summed E-state index contributed by atoms with van der Waals surface area (Å²) in [4.78, 5) is 11.5. The summed E-state index contributed by atoms with van der Waals surface area (Å²) in [6.07, 6.45) is 0. The molecule has 0 aliphatic heterocycles. The van der Waals surface area contributed by atoms with Crippen molar-refractivity contribution in [3.8, 4) is 17.0 Å². The summed E-state index contributed by atoms with van der Waals surface area (Å²) < 4.78 is 0. The summed E-state index contributed by atoms with van der Waals surface area (Å²) in [6, 6.07) is 6.83. The van der Waals surface area contributed by atoms with E-state index in [0.29, 0.717) is 22.5 Å². The number of carbonyl (C=O) groups is 1. The Bertz CT molecular complexity index is 544. The molecular formula is C12H12N2O2. The van der Waals surface area contributed by atoms with Crippen molar-refractivity contribution in [2.75, 3.05) is 0 Å². The van der Waals surface area contributed by atoms with Crippen LogP contribution in [-0.4, -0.2) is 21.1 Å². The number of ketones is 1. The first-order chi connectivity index (χ1) is 7.61. The van der Waals surface area contributed by atoms with Crippen molar-refractivity contribution in [1.29, 1.82) is 0 Å². The molecule has 1 aromatic heterocycles. The van der Waals surface area contributed by atoms with E-state index in [2.05, 4.69) is 10.2 Å². The molecule has 0 aliphatic rings. The quantitative estimate of drug-likeness (QED) is 0.757. The maximum Gasteiger partial charge on any atom is 0.163 e. The van der Waals surface area contributed by atoms with Gasteiger partial charge in [-0.15, -0.1) is 0 Å². The standard InChI is InChI=1S/C12H12N2O2/c1-7-11(8(2)15)12(14-13-7)9-5-3-4-6-10(9)16/h3-6,16H,1-2H3,(H,13,14). The third-order valence-corrected chi connectivity index (χ3v) is 2.46. The molecule has 0 saturated carbocycles. The topological polar surface area (TPSA) is 66.0 Å². The van der Waals surface area contributed by atoms with Crippen molar-refractivity contribution in [1.82, 2.24) is 10.2 Å². The van der Waals surface area contributed by atoms with Gasteiger partial charge in [-0.1, -0.05) is 12.1 Å². The van der Waals surface area contributed by atoms with Gasteiger partial charge in [0.25, 0.3) is 0 Å². The lowest BCUT2D eigenvalue weighted by molar-refractivity contribution is 0.101. The highest BCUT2D eigenvalue weighted by molar-refractivity contribution is 6.01. The SMILES string of the molecule is CC(=O)c1c(-c2ccccc2O)n[nH]c1C. The summed E-state index contributed by atoms with van der Waals surface area (Å²) in [6.45, 7) is 3.27. The number of nitrogens with zero attached hydrogens (tertiary/aromatic N) is 1. The summed E-state index contributed by atoms with van der Waals surface area (Å²) in [5.74, 6) is 0.0565. The molecule has 0 saturated heterocycles. The number of benzene rings is 1. The van der Waals surface area contributed by atoms with Crippen LogP contribution in [0.2, 0.25) is 0 Å². The normalized spacial score (nSPS) is 10.4. The number of carbonyl (C=O) groups excluding carboxylic acids is 1. The third kappa shape index (κ3) is 1.58. The number of phenolic OH excluding ortho intramolecular Hbond substituents is 1. The van der Waals surface area contributed by atoms with Gasteiger partial charge in [0, 0.05) is 11.3 Å². The molecule has 0 aliphatic carbocycles. The molecule has 1 aromatic carbocycles. The van der Waals surface area contributed by atoms with Crippen LogP contribution in [0.5, 0.6) is 5.75 Å². The molecule has 2 aromatic rings. The smallest absolute Gasteiger partial charge is 0.163 e. The average Bonchev–Trinajstić information content (AvgIpc) is 2.61. The molecule has 1 heterocycles. The van der Waals surface area contributed by atoms with Gasteiger partial charge >= 0.3 is 0 Å². The highest BCUT2D eigenvalue weighted by atomic mass is 16.3. The van der Waals surface area contributed by atoms with E-state index in [0.717, 1.165) is 0 Å². The van der Waals surface area contributed by atoms with Gasteiger partial charge in [-0.3, -0.25) is 9.89 Å². The number of nitrogens with one attached hydrogen (secondary N) is 1. The van der Waals surface area contributed by atoms with Crippen molar-refractivity contribution >= 4 is 5.78 Å². The zero-order valence-corrected chi connectivity index (χ0v) is 9.11. The molecule has 16 heavy (non-hydrogen) atoms. The first-order valence-corrected chi connectivity index (χ1v) is 4.95. The second kappa shape index (κ2) is 3.81. The number of aromatic nitrogens is 2. The second-order valence-electron chi connectivity index (χ2n) is 3.65. The van der Waals surface area contributed by atoms with Crippen molar-refractivity contribution < 1.29 is 9.90 Å². The van der Waals surface area contributed by atoms with E-state index in [9.17, 15) is 9.90 Å². The van der Waals surface area contributed by atoms with Gasteiger partial charge in [0.1, 0.15) is 11.4 Å². The summed E-state index contributed by atoms with van der Waals surface area (Å²) in [5.41, 5.74) is 2.31. The number of aromatic amines is 1. The number of aryl methyl sites for hydroxylation is 1. The molecule has 4 heteroatoms. The summed E-state index contributed by atoms with van der Waals surface area (Å²) >= 11 is 0. The second-order valence-corrected chi connectivity index (χ2v) is 3.65. The van der Waals surface area contributed by atoms with Crippen LogP contribution in [0.25, 0.3) is 11.3 Å². The van der Waals surface area contributed by atoms with Crippen LogP contribution in [0.3, 0.4) is 0 Å². The van der Waals surface area contributed by atoms with Crippen molar-refractivity contribution in [3.63, 3.8) is 0 Å². The zero-order chi connectivity index (χ0) is 11.7. The van der Waals surface area contributed by atoms with E-state index >= 15 is 0 Å². The van der Waals surface area contributed by atoms with Crippen molar-refractivity contribution in [2.24, 2.45) is 0 Å². The first kappa shape index (κ1) is 10.4. The Balaban J connectivity index is 2.66. The van der Waals surface area contributed by atoms with E-state index in [-0.39, 0.29) is 11.5 Å². The van der Waals surface area contributed by atoms with Crippen LogP contribution in [0.4, 0.5) is 0 Å². The fourth-order valence-corrected chi connectivity index (χ4v) is 1.73. The predicted molar refractivity (Wildman–Crippen MR) is 60.4 cm³/mol. The number of hydrogen-bond donors (Lipinski definition) is 2. The van der Waals surface area contributed by atoms with Gasteiger partial charge in [-0.05, 0) is 26.0 Å². The number of Topliss-reactive ketones (excluding diaryl/α,β-unsaturated/α-hetero) is 1. The van der Waals surface area contributed by atoms with Crippen LogP contribution >= 0.6 is 0 Å². The highest BCUT2D eigenvalue weighted by Crippen LogP contribution is 2.30. The fourth-order valence-electron chi connectivity index (χ4n) is 1.73. The van der Waals surface area contributed by atoms with Gasteiger partial charge in [-0.2, -0.15) is 5.10 Å². The van der Waals surface area contributed by atoms with Crippen molar-refractivity contribution in [2.45, 2.75) is 13.8 Å². The van der Waals surface area contributed by atoms with Crippen LogP contribution < -0.4 is 0 Å². The molecule has 2 rings (SSSR count). The number of hydrogen-bond acceptors (Lipinski definition) is 3. The van der Waals surface area contributed by atoms with E-state index in [1.165, 1.54) is 6.92 Å². The van der Waals surface area contributed by atoms with Crippen LogP contribution in [0.15, 0.2) is 24.3 Å². The number of para-hydroxylation sites is 1. The van der Waals surface area contributed by atoms with Gasteiger partial charge in [0.15, 0.2) is 5.78 Å². The molecule has 0 unspecified atom stereocenters. The van der Waals surface area contributed by atoms with Gasteiger partial charge in [0.05, 0.1) is 5.56 Å². The molecule has 0 fully saturated rings. The monoisotopic (exact) mass is 216 g/mol. The lowest BCUT2D eigenvalue weighted by atomic mass is 10.0. The number of phenols is 1. The fraction of sp³-hybridized carbons (Fsp3) is 0.167. The maximum atomic E-state index is 11.5. The number of aromatic hydroxyl groups is 1. The molecule has 82 valence electrons. The molecule has 0 radical (unpaired) electrons. The van der Waals surface area contributed by atoms with Gasteiger partial charge < -0.3 is 5.11 Å². The minimum absolute atomic E-state index is 0.0653. The minimum Gasteiger partial charge on any atom is -0.507 e. The zero-order valence-electron chi connectivity index (χ0n) is 9.11. The van der Waals surface area contributed by atoms with Crippen LogP contribution in [0, 0.1) is 6.92 Å². The Kier molecular flexibility index (Phi) is 2.48. The van der Waals surface area contributed by atoms with Crippen molar-refractivity contribution in [3.05, 3.63) is 35.5 Å². The predicted octanol–water partition coefficient (Wildman–Crippen LogP) is 2.29. The minimum atomic E-state index is -0.0653. The molecule has 0 amide bonds. The molecular weight excluding hydrogens is 204 g/mol. The lowest BCUT2D eigenvalue weighted by Crippen LogP contribution is -1.95. The molecule has 0 bridgehead atoms. The Morgan fingerprint density at radius 2 is 2.06 bits per heavy atom. The van der Waals surface area contributed by atoms with E-state index in [1.807, 2.05) is 0 Å². The Morgan fingerprint density at radius 1 is 1.38 bits per heavy atom. The Hall–Kier alpha value is -2.10. The van der Waals surface area contributed by atoms with E-state index < -0.39 is 0 Å². The average molecular weight is 216 g/mol. The highest BCUT2D eigenvalue weighted by Gasteiger charge is 2.17. The number of H-pyrrole nitrogens is 1. The van der Waals surface area contributed by atoms with E-state index in [4.69, 9.17) is 0 Å². The third-order valence-electron chi connectivity index (χ3n) is 2.46. The maximum absolute atomic E-state index is 11.5. The van der Waals surface area contributed by atoms with Crippen LogP contribution in [0.1, 0.15) is 23.0 Å².